The lowest BCUT2D eigenvalue weighted by Gasteiger charge is -2.25. The van der Waals surface area contributed by atoms with Crippen molar-refractivity contribution in [2.24, 2.45) is 12.8 Å². The molecule has 1 aromatic rings. The first-order valence-corrected chi connectivity index (χ1v) is 6.13. The number of nitrogens with zero attached hydrogens (tertiary/aromatic N) is 3. The van der Waals surface area contributed by atoms with Crippen LogP contribution in [-0.2, 0) is 7.05 Å². The van der Waals surface area contributed by atoms with E-state index in [1.54, 1.807) is 0 Å². The molecular formula is C12H22N4. The molecule has 0 aromatic carbocycles. The number of aryl methyl sites for hydroxylation is 2. The molecule has 2 heterocycles. The lowest BCUT2D eigenvalue weighted by Crippen LogP contribution is -2.33. The van der Waals surface area contributed by atoms with Crippen molar-refractivity contribution in [3.63, 3.8) is 0 Å². The van der Waals surface area contributed by atoms with Gasteiger partial charge in [0.2, 0.25) is 0 Å². The van der Waals surface area contributed by atoms with Crippen LogP contribution < -0.4 is 5.73 Å². The van der Waals surface area contributed by atoms with Crippen LogP contribution in [0.1, 0.15) is 37.1 Å². The van der Waals surface area contributed by atoms with Crippen LogP contribution >= 0.6 is 0 Å². The minimum atomic E-state index is 0.236. The second-order valence-electron chi connectivity index (χ2n) is 4.80. The lowest BCUT2D eigenvalue weighted by molar-refractivity contribution is 0.242. The Hall–Kier alpha value is -0.870. The van der Waals surface area contributed by atoms with Gasteiger partial charge in [0.05, 0.1) is 11.7 Å². The topological polar surface area (TPSA) is 47.1 Å². The van der Waals surface area contributed by atoms with Gasteiger partial charge >= 0.3 is 0 Å². The van der Waals surface area contributed by atoms with E-state index in [2.05, 4.69) is 30.0 Å². The molecule has 2 N–H and O–H groups in total. The van der Waals surface area contributed by atoms with Gasteiger partial charge in [-0.25, -0.2) is 0 Å². The Morgan fingerprint density at radius 1 is 1.56 bits per heavy atom. The van der Waals surface area contributed by atoms with Gasteiger partial charge in [-0.1, -0.05) is 6.92 Å². The van der Waals surface area contributed by atoms with E-state index in [1.807, 2.05) is 11.7 Å². The molecule has 0 aliphatic carbocycles. The van der Waals surface area contributed by atoms with Gasteiger partial charge in [0, 0.05) is 25.8 Å². The molecular weight excluding hydrogens is 200 g/mol. The number of hydrogen-bond donors (Lipinski definition) is 1. The van der Waals surface area contributed by atoms with E-state index in [0.29, 0.717) is 6.04 Å². The Labute approximate surface area is 97.4 Å². The average Bonchev–Trinajstić information content (AvgIpc) is 2.71. The summed E-state index contributed by atoms with van der Waals surface area (Å²) in [5, 5.41) is 4.57. The minimum Gasteiger partial charge on any atom is -0.326 e. The second-order valence-corrected chi connectivity index (χ2v) is 4.80. The molecule has 4 heteroatoms. The molecule has 2 unspecified atom stereocenters. The van der Waals surface area contributed by atoms with Crippen LogP contribution in [0.4, 0.5) is 0 Å². The quantitative estimate of drug-likeness (QED) is 0.836. The van der Waals surface area contributed by atoms with Crippen LogP contribution in [0.3, 0.4) is 0 Å². The lowest BCUT2D eigenvalue weighted by atomic mass is 10.0. The predicted molar refractivity (Wildman–Crippen MR) is 65.1 cm³/mol. The number of aromatic nitrogens is 2. The van der Waals surface area contributed by atoms with Gasteiger partial charge in [-0.05, 0) is 31.9 Å². The first kappa shape index (κ1) is 11.6. The fourth-order valence-corrected chi connectivity index (χ4v) is 2.71. The number of nitrogens with two attached hydrogens (primary N) is 1. The van der Waals surface area contributed by atoms with Crippen molar-refractivity contribution in [1.29, 1.82) is 0 Å². The van der Waals surface area contributed by atoms with Crippen molar-refractivity contribution in [1.82, 2.24) is 14.7 Å². The molecule has 1 aliphatic rings. The van der Waals surface area contributed by atoms with E-state index >= 15 is 0 Å². The third-order valence-corrected chi connectivity index (χ3v) is 3.39. The van der Waals surface area contributed by atoms with Crippen molar-refractivity contribution in [2.75, 3.05) is 13.1 Å². The highest BCUT2D eigenvalue weighted by Crippen LogP contribution is 2.31. The van der Waals surface area contributed by atoms with Crippen LogP contribution in [-0.4, -0.2) is 33.8 Å². The predicted octanol–water partition coefficient (Wildman–Crippen LogP) is 1.21. The Morgan fingerprint density at radius 3 is 2.88 bits per heavy atom. The molecule has 16 heavy (non-hydrogen) atoms. The number of hydrogen-bond acceptors (Lipinski definition) is 3. The average molecular weight is 222 g/mol. The molecule has 0 saturated carbocycles. The monoisotopic (exact) mass is 222 g/mol. The second kappa shape index (κ2) is 4.55. The first-order valence-electron chi connectivity index (χ1n) is 6.13. The Balaban J connectivity index is 2.26. The zero-order chi connectivity index (χ0) is 11.7. The van der Waals surface area contributed by atoms with Gasteiger partial charge < -0.3 is 5.73 Å². The maximum atomic E-state index is 6.22. The number of likely N-dealkylation sites (tertiary alicyclic amines) is 1. The first-order chi connectivity index (χ1) is 7.63. The van der Waals surface area contributed by atoms with Gasteiger partial charge in [-0.15, -0.1) is 0 Å². The molecule has 1 fully saturated rings. The maximum absolute atomic E-state index is 6.22. The molecule has 4 nitrogen and oxygen atoms in total. The summed E-state index contributed by atoms with van der Waals surface area (Å²) in [6.45, 7) is 6.56. The van der Waals surface area contributed by atoms with Crippen LogP contribution in [0.5, 0.6) is 0 Å². The fourth-order valence-electron chi connectivity index (χ4n) is 2.71. The van der Waals surface area contributed by atoms with Crippen molar-refractivity contribution >= 4 is 0 Å². The summed E-state index contributed by atoms with van der Waals surface area (Å²) >= 11 is 0. The molecule has 1 saturated heterocycles. The van der Waals surface area contributed by atoms with E-state index in [0.717, 1.165) is 19.5 Å². The molecule has 1 aliphatic heterocycles. The highest BCUT2D eigenvalue weighted by Gasteiger charge is 2.34. The third-order valence-electron chi connectivity index (χ3n) is 3.39. The minimum absolute atomic E-state index is 0.236. The molecule has 2 rings (SSSR count). The Morgan fingerprint density at radius 2 is 2.31 bits per heavy atom. The zero-order valence-electron chi connectivity index (χ0n) is 10.5. The van der Waals surface area contributed by atoms with Crippen LogP contribution in [0.15, 0.2) is 6.20 Å². The summed E-state index contributed by atoms with van der Waals surface area (Å²) in [5.41, 5.74) is 8.64. The Bertz CT molecular complexity index is 356. The SMILES string of the molecule is CCCN1CCC(N)C1c1nn(C)cc1C. The highest BCUT2D eigenvalue weighted by atomic mass is 15.3. The molecule has 0 bridgehead atoms. The summed E-state index contributed by atoms with van der Waals surface area (Å²) in [7, 11) is 1.97. The summed E-state index contributed by atoms with van der Waals surface area (Å²) in [5.74, 6) is 0. The standard InChI is InChI=1S/C12H22N4/c1-4-6-16-7-5-10(13)12(16)11-9(2)8-15(3)14-11/h8,10,12H,4-7,13H2,1-3H3. The molecule has 0 spiro atoms. The van der Waals surface area contributed by atoms with Crippen LogP contribution in [0.2, 0.25) is 0 Å². The molecule has 1 aromatic heterocycles. The summed E-state index contributed by atoms with van der Waals surface area (Å²) in [4.78, 5) is 2.47. The van der Waals surface area contributed by atoms with Crippen molar-refractivity contribution in [2.45, 2.75) is 38.8 Å². The van der Waals surface area contributed by atoms with Crippen molar-refractivity contribution in [3.05, 3.63) is 17.5 Å². The molecule has 90 valence electrons. The smallest absolute Gasteiger partial charge is 0.0840 e. The van der Waals surface area contributed by atoms with Crippen LogP contribution in [0.25, 0.3) is 0 Å². The summed E-state index contributed by atoms with van der Waals surface area (Å²) < 4.78 is 1.89. The van der Waals surface area contributed by atoms with Gasteiger partial charge in [0.1, 0.15) is 0 Å². The van der Waals surface area contributed by atoms with E-state index < -0.39 is 0 Å². The third kappa shape index (κ3) is 1.99. The van der Waals surface area contributed by atoms with Crippen molar-refractivity contribution in [3.8, 4) is 0 Å². The maximum Gasteiger partial charge on any atom is 0.0840 e. The van der Waals surface area contributed by atoms with E-state index in [4.69, 9.17) is 5.73 Å². The van der Waals surface area contributed by atoms with Crippen molar-refractivity contribution < 1.29 is 0 Å². The fraction of sp³-hybridized carbons (Fsp3) is 0.750. The summed E-state index contributed by atoms with van der Waals surface area (Å²) in [6.07, 6.45) is 4.33. The zero-order valence-corrected chi connectivity index (χ0v) is 10.5. The molecule has 2 atom stereocenters. The van der Waals surface area contributed by atoms with Gasteiger partial charge in [0.25, 0.3) is 0 Å². The van der Waals surface area contributed by atoms with E-state index in [1.165, 1.54) is 17.7 Å². The van der Waals surface area contributed by atoms with Gasteiger partial charge in [-0.2, -0.15) is 5.10 Å². The molecule has 0 amide bonds. The summed E-state index contributed by atoms with van der Waals surface area (Å²) in [6, 6.07) is 0.557. The Kier molecular flexibility index (Phi) is 3.30. The molecule has 0 radical (unpaired) electrons. The van der Waals surface area contributed by atoms with E-state index in [-0.39, 0.29) is 6.04 Å². The normalized spacial score (nSPS) is 26.5. The number of rotatable bonds is 3. The van der Waals surface area contributed by atoms with Crippen LogP contribution in [0, 0.1) is 6.92 Å². The van der Waals surface area contributed by atoms with Gasteiger partial charge in [0.15, 0.2) is 0 Å². The van der Waals surface area contributed by atoms with Gasteiger partial charge in [-0.3, -0.25) is 9.58 Å². The largest absolute Gasteiger partial charge is 0.326 e. The highest BCUT2D eigenvalue weighted by molar-refractivity contribution is 5.22. The van der Waals surface area contributed by atoms with E-state index in [9.17, 15) is 0 Å².